The Morgan fingerprint density at radius 3 is 2.30 bits per heavy atom. The van der Waals surface area contributed by atoms with Gasteiger partial charge in [-0.1, -0.05) is 5.21 Å². The van der Waals surface area contributed by atoms with Crippen molar-refractivity contribution in [3.63, 3.8) is 0 Å². The van der Waals surface area contributed by atoms with E-state index in [0.717, 1.165) is 18.5 Å². The Kier molecular flexibility index (Phi) is 8.54. The highest BCUT2D eigenvalue weighted by Crippen LogP contribution is 2.33. The molecule has 0 spiro atoms. The summed E-state index contributed by atoms with van der Waals surface area (Å²) in [7, 11) is 5.14. The minimum absolute atomic E-state index is 0.0180. The summed E-state index contributed by atoms with van der Waals surface area (Å²) in [5, 5.41) is 14.8. The molecule has 1 aliphatic rings. The maximum absolute atomic E-state index is 13.5. The van der Waals surface area contributed by atoms with E-state index in [-0.39, 0.29) is 35.8 Å². The van der Waals surface area contributed by atoms with Gasteiger partial charge in [0.1, 0.15) is 12.7 Å². The molecule has 1 aliphatic heterocycles. The van der Waals surface area contributed by atoms with Gasteiger partial charge in [0.25, 0.3) is 5.56 Å². The monoisotopic (exact) mass is 523 g/mol. The van der Waals surface area contributed by atoms with Gasteiger partial charge in [0.15, 0.2) is 35.3 Å². The summed E-state index contributed by atoms with van der Waals surface area (Å²) in [4.78, 5) is 62.5. The zero-order chi connectivity index (χ0) is 27.4. The van der Waals surface area contributed by atoms with Gasteiger partial charge >= 0.3 is 17.9 Å². The van der Waals surface area contributed by atoms with Gasteiger partial charge < -0.3 is 29.2 Å². The molecule has 0 radical (unpaired) electrons. The molecule has 37 heavy (non-hydrogen) atoms. The minimum Gasteiger partial charge on any atom is -0.463 e. The number of esters is 3. The highest BCUT2D eigenvalue weighted by atomic mass is 16.7. The van der Waals surface area contributed by atoms with E-state index in [1.165, 1.54) is 18.7 Å². The van der Waals surface area contributed by atoms with Crippen molar-refractivity contribution in [1.29, 1.82) is 0 Å². The molecular weight excluding hydrogens is 494 g/mol. The summed E-state index contributed by atoms with van der Waals surface area (Å²) in [6.45, 7) is 3.61. The first kappa shape index (κ1) is 27.7. The third-order valence-electron chi connectivity index (χ3n) is 5.30. The molecule has 2 aromatic rings. The van der Waals surface area contributed by atoms with Crippen LogP contribution in [-0.4, -0.2) is 99.0 Å². The number of anilines is 1. The van der Waals surface area contributed by atoms with Crippen LogP contribution in [-0.2, 0) is 45.2 Å². The van der Waals surface area contributed by atoms with Crippen molar-refractivity contribution in [3.8, 4) is 0 Å². The number of aryl methyl sites for hydroxylation is 1. The highest BCUT2D eigenvalue weighted by Gasteiger charge is 2.51. The van der Waals surface area contributed by atoms with Gasteiger partial charge in [-0.15, -0.1) is 5.10 Å². The lowest BCUT2D eigenvalue weighted by Crippen LogP contribution is -2.42. The van der Waals surface area contributed by atoms with Gasteiger partial charge in [0.2, 0.25) is 5.91 Å². The molecule has 0 aliphatic carbocycles. The van der Waals surface area contributed by atoms with Gasteiger partial charge in [-0.25, -0.2) is 0 Å². The maximum atomic E-state index is 13.5. The first-order valence-electron chi connectivity index (χ1n) is 11.3. The van der Waals surface area contributed by atoms with E-state index >= 15 is 0 Å². The number of fused-ring (bicyclic) bond motifs is 1. The van der Waals surface area contributed by atoms with Gasteiger partial charge in [-0.3, -0.25) is 28.7 Å². The molecule has 0 saturated carbocycles. The Hall–Kier alpha value is -3.92. The Balaban J connectivity index is 2.00. The highest BCUT2D eigenvalue weighted by molar-refractivity contribution is 5.97. The molecular formula is C21H29N7O9. The van der Waals surface area contributed by atoms with E-state index in [1.54, 1.807) is 0 Å². The van der Waals surface area contributed by atoms with Gasteiger partial charge in [0, 0.05) is 40.8 Å². The number of nitrogens with zero attached hydrogens (tertiary/aromatic N) is 6. The van der Waals surface area contributed by atoms with Crippen LogP contribution in [0.3, 0.4) is 0 Å². The molecule has 1 saturated heterocycles. The number of ether oxygens (including phenoxy) is 4. The standard InChI is InChI=1S/C21H29N7O9/c1-10(29)34-9-13-17(35-11(2)30)18(36-12(3)31)21(37-13)28-20(33)16-15(23-25-28)19(24-27(16)6)22-14(32)7-8-26(4)5/h13,17-18,21H,7-9H2,1-6H3,(H,22,24,32). The zero-order valence-electron chi connectivity index (χ0n) is 21.3. The third kappa shape index (κ3) is 6.45. The van der Waals surface area contributed by atoms with E-state index in [4.69, 9.17) is 18.9 Å². The van der Waals surface area contributed by atoms with Gasteiger partial charge in [-0.2, -0.15) is 9.78 Å². The second-order valence-corrected chi connectivity index (χ2v) is 8.63. The number of nitrogens with one attached hydrogen (secondary N) is 1. The molecule has 4 atom stereocenters. The summed E-state index contributed by atoms with van der Waals surface area (Å²) in [6, 6.07) is 0. The molecule has 4 unspecified atom stereocenters. The van der Waals surface area contributed by atoms with Gasteiger partial charge in [0.05, 0.1) is 0 Å². The molecule has 16 heteroatoms. The maximum Gasteiger partial charge on any atom is 0.303 e. The van der Waals surface area contributed by atoms with Crippen LogP contribution >= 0.6 is 0 Å². The normalized spacial score (nSPS) is 21.2. The van der Waals surface area contributed by atoms with Crippen LogP contribution < -0.4 is 10.9 Å². The van der Waals surface area contributed by atoms with Crippen molar-refractivity contribution in [2.75, 3.05) is 32.6 Å². The second kappa shape index (κ2) is 11.4. The van der Waals surface area contributed by atoms with Crippen LogP contribution in [0.1, 0.15) is 33.4 Å². The van der Waals surface area contributed by atoms with E-state index in [2.05, 4.69) is 20.7 Å². The molecule has 16 nitrogen and oxygen atoms in total. The fourth-order valence-electron chi connectivity index (χ4n) is 3.75. The molecule has 1 N–H and O–H groups in total. The average molecular weight is 524 g/mol. The number of hydrogen-bond acceptors (Lipinski definition) is 13. The molecule has 0 aromatic carbocycles. The lowest BCUT2D eigenvalue weighted by molar-refractivity contribution is -0.166. The van der Waals surface area contributed by atoms with Crippen LogP contribution in [0.15, 0.2) is 4.79 Å². The van der Waals surface area contributed by atoms with Crippen molar-refractivity contribution < 1.29 is 38.1 Å². The lowest BCUT2D eigenvalue weighted by atomic mass is 10.1. The molecule has 1 fully saturated rings. The lowest BCUT2D eigenvalue weighted by Gasteiger charge is -2.23. The second-order valence-electron chi connectivity index (χ2n) is 8.63. The fraction of sp³-hybridized carbons (Fsp3) is 0.619. The van der Waals surface area contributed by atoms with E-state index in [1.807, 2.05) is 19.0 Å². The summed E-state index contributed by atoms with van der Waals surface area (Å²) in [6.07, 6.45) is -4.80. The Labute approximate surface area is 210 Å². The predicted octanol–water partition coefficient (Wildman–Crippen LogP) is -1.26. The number of aromatic nitrogens is 5. The summed E-state index contributed by atoms with van der Waals surface area (Å²) >= 11 is 0. The Morgan fingerprint density at radius 1 is 1.05 bits per heavy atom. The van der Waals surface area contributed by atoms with Crippen LogP contribution in [0, 0.1) is 0 Å². The van der Waals surface area contributed by atoms with Crippen LogP contribution in [0.4, 0.5) is 5.82 Å². The minimum atomic E-state index is -1.38. The predicted molar refractivity (Wildman–Crippen MR) is 124 cm³/mol. The molecule has 3 rings (SSSR count). The van der Waals surface area contributed by atoms with E-state index in [0.29, 0.717) is 6.54 Å². The summed E-state index contributed by atoms with van der Waals surface area (Å²) in [5.74, 6) is -2.35. The molecule has 1 amide bonds. The van der Waals surface area contributed by atoms with Crippen LogP contribution in [0.5, 0.6) is 0 Å². The summed E-state index contributed by atoms with van der Waals surface area (Å²) in [5.41, 5.74) is -0.710. The Morgan fingerprint density at radius 2 is 1.70 bits per heavy atom. The third-order valence-corrected chi connectivity index (χ3v) is 5.30. The Bertz CT molecular complexity index is 1250. The topological polar surface area (TPSA) is 186 Å². The quantitative estimate of drug-likeness (QED) is 0.303. The fourth-order valence-corrected chi connectivity index (χ4v) is 3.75. The van der Waals surface area contributed by atoms with Crippen molar-refractivity contribution in [2.24, 2.45) is 7.05 Å². The van der Waals surface area contributed by atoms with Crippen molar-refractivity contribution in [1.82, 2.24) is 29.7 Å². The molecule has 2 aromatic heterocycles. The van der Waals surface area contributed by atoms with Crippen molar-refractivity contribution in [3.05, 3.63) is 10.4 Å². The zero-order valence-corrected chi connectivity index (χ0v) is 21.3. The molecule has 3 heterocycles. The number of carbonyl (C=O) groups excluding carboxylic acids is 4. The number of hydrogen-bond donors (Lipinski definition) is 1. The van der Waals surface area contributed by atoms with E-state index in [9.17, 15) is 24.0 Å². The number of rotatable bonds is 9. The smallest absolute Gasteiger partial charge is 0.303 e. The first-order valence-corrected chi connectivity index (χ1v) is 11.3. The first-order chi connectivity index (χ1) is 17.4. The largest absolute Gasteiger partial charge is 0.463 e. The van der Waals surface area contributed by atoms with Crippen LogP contribution in [0.25, 0.3) is 11.0 Å². The van der Waals surface area contributed by atoms with Gasteiger partial charge in [-0.05, 0) is 14.1 Å². The average Bonchev–Trinajstić information content (AvgIpc) is 3.28. The molecule has 202 valence electrons. The van der Waals surface area contributed by atoms with Crippen molar-refractivity contribution >= 4 is 40.7 Å². The number of amides is 1. The summed E-state index contributed by atoms with van der Waals surface area (Å²) < 4.78 is 23.5. The molecule has 0 bridgehead atoms. The number of carbonyl (C=O) groups is 4. The van der Waals surface area contributed by atoms with Crippen LogP contribution in [0.2, 0.25) is 0 Å². The SMILES string of the molecule is CC(=O)OCC1OC(n2nnc3c(NC(=O)CCN(C)C)nn(C)c3c2=O)C(OC(C)=O)C1OC(C)=O. The van der Waals surface area contributed by atoms with Crippen molar-refractivity contribution in [2.45, 2.75) is 51.7 Å². The van der Waals surface area contributed by atoms with E-state index < -0.39 is 48.0 Å².